The first-order chi connectivity index (χ1) is 5.45. The molecule has 0 aromatic rings. The van der Waals surface area contributed by atoms with E-state index in [9.17, 15) is 12.6 Å². The molecular formula is C6H12F2O3S. The summed E-state index contributed by atoms with van der Waals surface area (Å²) in [5, 5.41) is 0. The molecule has 0 aliphatic heterocycles. The highest BCUT2D eigenvalue weighted by molar-refractivity contribution is 8.24. The number of rotatable bonds is 4. The van der Waals surface area contributed by atoms with Gasteiger partial charge >= 0.3 is 6.16 Å². The second-order valence-corrected chi connectivity index (χ2v) is 4.39. The number of methoxy groups -OCH3 is 1. The minimum atomic E-state index is -3.46. The second-order valence-electron chi connectivity index (χ2n) is 2.23. The third-order valence-electron chi connectivity index (χ3n) is 1.03. The Bertz CT molecular complexity index is 146. The van der Waals surface area contributed by atoms with Gasteiger partial charge in [0, 0.05) is 12.0 Å². The van der Waals surface area contributed by atoms with E-state index in [4.69, 9.17) is 0 Å². The Balaban J connectivity index is 3.28. The summed E-state index contributed by atoms with van der Waals surface area (Å²) in [7, 11) is -2.29. The van der Waals surface area contributed by atoms with Gasteiger partial charge in [0.1, 0.15) is 0 Å². The van der Waals surface area contributed by atoms with Crippen LogP contribution in [0.4, 0.5) is 12.6 Å². The summed E-state index contributed by atoms with van der Waals surface area (Å²) in [6.07, 6.45) is 0.253. The Morgan fingerprint density at radius 1 is 1.50 bits per heavy atom. The number of carbonyl (C=O) groups is 1. The van der Waals surface area contributed by atoms with Crippen molar-refractivity contribution in [3.05, 3.63) is 0 Å². The summed E-state index contributed by atoms with van der Waals surface area (Å²) in [4.78, 5) is 10.3. The first-order valence-electron chi connectivity index (χ1n) is 3.31. The fourth-order valence-corrected chi connectivity index (χ4v) is 1.15. The molecule has 0 N–H and O–H groups in total. The molecule has 0 bridgehead atoms. The number of hydrogen-bond acceptors (Lipinski definition) is 3. The van der Waals surface area contributed by atoms with Crippen LogP contribution in [0.3, 0.4) is 0 Å². The summed E-state index contributed by atoms with van der Waals surface area (Å²) < 4.78 is 33.0. The summed E-state index contributed by atoms with van der Waals surface area (Å²) in [6, 6.07) is 0. The van der Waals surface area contributed by atoms with Gasteiger partial charge in [-0.05, 0) is 6.42 Å². The summed E-state index contributed by atoms with van der Waals surface area (Å²) >= 11 is 0. The second kappa shape index (κ2) is 5.18. The Labute approximate surface area is 71.9 Å². The zero-order valence-corrected chi connectivity index (χ0v) is 7.83. The molecule has 0 saturated carbocycles. The normalized spacial score (nSPS) is 12.3. The van der Waals surface area contributed by atoms with Gasteiger partial charge in [-0.1, -0.05) is 0 Å². The first kappa shape index (κ1) is 11.5. The highest BCUT2D eigenvalue weighted by Crippen LogP contribution is 2.47. The third kappa shape index (κ3) is 7.59. The van der Waals surface area contributed by atoms with E-state index in [-0.39, 0.29) is 18.8 Å². The van der Waals surface area contributed by atoms with E-state index in [1.165, 1.54) is 7.11 Å². The predicted octanol–water partition coefficient (Wildman–Crippen LogP) is 2.36. The summed E-state index contributed by atoms with van der Waals surface area (Å²) in [6.45, 7) is -0.0108. The molecule has 3 nitrogen and oxygen atoms in total. The van der Waals surface area contributed by atoms with Gasteiger partial charge in [0.15, 0.2) is 0 Å². The van der Waals surface area contributed by atoms with Gasteiger partial charge in [0.25, 0.3) is 0 Å². The smallest absolute Gasteiger partial charge is 0.438 e. The predicted molar refractivity (Wildman–Crippen MR) is 43.6 cm³/mol. The van der Waals surface area contributed by atoms with Crippen molar-refractivity contribution in [2.45, 2.75) is 6.42 Å². The fraction of sp³-hybridized carbons (Fsp3) is 0.833. The Morgan fingerprint density at radius 2 is 2.08 bits per heavy atom. The van der Waals surface area contributed by atoms with E-state index >= 15 is 0 Å². The van der Waals surface area contributed by atoms with Crippen LogP contribution in [0.25, 0.3) is 0 Å². The van der Waals surface area contributed by atoms with Crippen molar-refractivity contribution in [3.63, 3.8) is 0 Å². The first-order valence-corrected chi connectivity index (χ1v) is 5.33. The number of hydrogen-bond donors (Lipinski definition) is 0. The van der Waals surface area contributed by atoms with Crippen LogP contribution in [-0.4, -0.2) is 31.9 Å². The molecule has 0 aromatic heterocycles. The quantitative estimate of drug-likeness (QED) is 0.518. The van der Waals surface area contributed by atoms with Crippen molar-refractivity contribution in [2.75, 3.05) is 25.7 Å². The molecule has 0 saturated heterocycles. The van der Waals surface area contributed by atoms with E-state index in [0.717, 1.165) is 6.26 Å². The highest BCUT2D eigenvalue weighted by Gasteiger charge is 2.13. The zero-order chi connectivity index (χ0) is 9.61. The van der Waals surface area contributed by atoms with Crippen LogP contribution in [0.1, 0.15) is 6.42 Å². The van der Waals surface area contributed by atoms with Crippen molar-refractivity contribution in [1.82, 2.24) is 0 Å². The van der Waals surface area contributed by atoms with E-state index in [0.29, 0.717) is 0 Å². The van der Waals surface area contributed by atoms with Crippen molar-refractivity contribution in [1.29, 1.82) is 0 Å². The number of carbonyl (C=O) groups excluding carboxylic acids is 1. The molecule has 6 heteroatoms. The van der Waals surface area contributed by atoms with Crippen molar-refractivity contribution in [2.24, 2.45) is 0 Å². The Hall–Kier alpha value is -0.520. The number of ether oxygens (including phenoxy) is 2. The molecular weight excluding hydrogens is 190 g/mol. The third-order valence-corrected chi connectivity index (χ3v) is 2.04. The van der Waals surface area contributed by atoms with E-state index in [2.05, 4.69) is 9.47 Å². The van der Waals surface area contributed by atoms with E-state index < -0.39 is 17.0 Å². The van der Waals surface area contributed by atoms with Gasteiger partial charge in [0.05, 0.1) is 24.5 Å². The average Bonchev–Trinajstić information content (AvgIpc) is 1.96. The molecule has 0 atom stereocenters. The van der Waals surface area contributed by atoms with Crippen LogP contribution >= 0.6 is 10.8 Å². The van der Waals surface area contributed by atoms with Crippen LogP contribution in [-0.2, 0) is 9.47 Å². The van der Waals surface area contributed by atoms with Gasteiger partial charge in [-0.3, -0.25) is 0 Å². The van der Waals surface area contributed by atoms with Gasteiger partial charge in [0.2, 0.25) is 0 Å². The maximum atomic E-state index is 12.2. The van der Waals surface area contributed by atoms with Crippen molar-refractivity contribution in [3.8, 4) is 0 Å². The minimum Gasteiger partial charge on any atom is -0.438 e. The molecule has 0 spiro atoms. The maximum Gasteiger partial charge on any atom is 0.507 e. The standard InChI is InChI=1S/C6H12F2O3S/c1-10-6(9)11-4-3-5-12(2,7)8/h3-5H2,1-2H3. The lowest BCUT2D eigenvalue weighted by Crippen LogP contribution is -2.07. The molecule has 74 valence electrons. The molecule has 0 fully saturated rings. The molecule has 0 unspecified atom stereocenters. The Morgan fingerprint density at radius 3 is 2.50 bits per heavy atom. The SMILES string of the molecule is COC(=O)OCCCS(C)(F)F. The van der Waals surface area contributed by atoms with Gasteiger partial charge < -0.3 is 9.47 Å². The average molecular weight is 202 g/mol. The van der Waals surface area contributed by atoms with Crippen LogP contribution in [0.5, 0.6) is 0 Å². The molecule has 0 rings (SSSR count). The molecule has 0 aliphatic rings. The molecule has 0 heterocycles. The summed E-state index contributed by atoms with van der Waals surface area (Å²) in [5.74, 6) is -0.204. The molecule has 12 heavy (non-hydrogen) atoms. The molecule has 0 radical (unpaired) electrons. The lowest BCUT2D eigenvalue weighted by atomic mass is 10.5. The monoisotopic (exact) mass is 202 g/mol. The largest absolute Gasteiger partial charge is 0.507 e. The summed E-state index contributed by atoms with van der Waals surface area (Å²) in [5.41, 5.74) is 0. The molecule has 0 amide bonds. The lowest BCUT2D eigenvalue weighted by Gasteiger charge is -2.13. The van der Waals surface area contributed by atoms with E-state index in [1.54, 1.807) is 0 Å². The molecule has 0 aromatic carbocycles. The molecule has 0 aliphatic carbocycles. The Kier molecular flexibility index (Phi) is 4.96. The van der Waals surface area contributed by atoms with E-state index in [1.807, 2.05) is 0 Å². The van der Waals surface area contributed by atoms with Crippen LogP contribution in [0.15, 0.2) is 0 Å². The van der Waals surface area contributed by atoms with Crippen molar-refractivity contribution >= 4 is 17.0 Å². The lowest BCUT2D eigenvalue weighted by molar-refractivity contribution is 0.0729. The zero-order valence-electron chi connectivity index (χ0n) is 7.01. The fourth-order valence-electron chi connectivity index (χ4n) is 0.527. The van der Waals surface area contributed by atoms with Crippen LogP contribution in [0.2, 0.25) is 0 Å². The maximum absolute atomic E-state index is 12.2. The van der Waals surface area contributed by atoms with Gasteiger partial charge in [-0.15, -0.1) is 0 Å². The van der Waals surface area contributed by atoms with Gasteiger partial charge in [-0.25, -0.2) is 4.79 Å². The van der Waals surface area contributed by atoms with Crippen LogP contribution in [0, 0.1) is 0 Å². The number of halogens is 2. The van der Waals surface area contributed by atoms with Crippen molar-refractivity contribution < 1.29 is 22.0 Å². The van der Waals surface area contributed by atoms with Crippen LogP contribution < -0.4 is 0 Å². The highest BCUT2D eigenvalue weighted by atomic mass is 32.3. The minimum absolute atomic E-state index is 0.0108. The topological polar surface area (TPSA) is 35.5 Å². The van der Waals surface area contributed by atoms with Gasteiger partial charge in [-0.2, -0.15) is 7.77 Å².